The number of aliphatic hydroxyl groups excluding tert-OH is 1. The molecule has 236 valence electrons. The van der Waals surface area contributed by atoms with Gasteiger partial charge in [-0.2, -0.15) is 10.4 Å². The Morgan fingerprint density at radius 1 is 1.33 bits per heavy atom. The standard InChI is InChI=1S/C31H35FN7O5P/c1-20-6-5-7-21(14-20)16-42-45(41,38-13-12-22-15-35-24-9-4-3-8-23(22)24)43-17-26-28(40)30(2,32)31(18-33,44-26)27-11-10-25-29(34)36-19-37-39(25)27/h3-11,15,19-20,26,28,35,40H,12-14,16-17H2,1-2H3,(H,38,41)(H2,34,36,37)/t20?,26-,28-,30-,31+,45?/m1/s1. The van der Waals surface area contributed by atoms with Gasteiger partial charge in [-0.25, -0.2) is 23.5 Å². The highest BCUT2D eigenvalue weighted by atomic mass is 31.2. The van der Waals surface area contributed by atoms with E-state index >= 15 is 4.39 Å². The summed E-state index contributed by atoms with van der Waals surface area (Å²) in [6.07, 6.45) is 7.03. The molecular weight excluding hydrogens is 600 g/mol. The average Bonchev–Trinajstić information content (AvgIpc) is 3.70. The Kier molecular flexibility index (Phi) is 8.39. The van der Waals surface area contributed by atoms with Gasteiger partial charge in [-0.15, -0.1) is 0 Å². The maximum Gasteiger partial charge on any atom is 0.405 e. The minimum atomic E-state index is -4.03. The van der Waals surface area contributed by atoms with Crippen LogP contribution in [0.5, 0.6) is 0 Å². The van der Waals surface area contributed by atoms with Crippen molar-refractivity contribution in [3.05, 3.63) is 84.0 Å². The van der Waals surface area contributed by atoms with E-state index < -0.39 is 37.8 Å². The van der Waals surface area contributed by atoms with Crippen molar-refractivity contribution in [3.8, 4) is 6.07 Å². The van der Waals surface area contributed by atoms with Crippen LogP contribution in [0.15, 0.2) is 72.7 Å². The number of rotatable bonds is 11. The molecule has 2 unspecified atom stereocenters. The first-order valence-corrected chi connectivity index (χ1v) is 16.2. The van der Waals surface area contributed by atoms with Crippen LogP contribution in [0.2, 0.25) is 0 Å². The summed E-state index contributed by atoms with van der Waals surface area (Å²) >= 11 is 0. The number of H-pyrrole nitrogens is 1. The van der Waals surface area contributed by atoms with Crippen LogP contribution >= 0.6 is 7.75 Å². The number of halogens is 1. The summed E-state index contributed by atoms with van der Waals surface area (Å²) in [6, 6.07) is 12.8. The molecule has 14 heteroatoms. The smallest absolute Gasteiger partial charge is 0.387 e. The number of nitrogens with zero attached hydrogens (tertiary/aromatic N) is 4. The van der Waals surface area contributed by atoms with Gasteiger partial charge in [0.05, 0.1) is 18.9 Å². The third kappa shape index (κ3) is 5.70. The molecule has 3 aromatic heterocycles. The highest BCUT2D eigenvalue weighted by molar-refractivity contribution is 7.51. The highest BCUT2D eigenvalue weighted by Gasteiger charge is 2.67. The molecule has 0 saturated carbocycles. The average molecular weight is 636 g/mol. The van der Waals surface area contributed by atoms with Crippen molar-refractivity contribution in [2.24, 2.45) is 5.92 Å². The number of hydrogen-bond acceptors (Lipinski definition) is 9. The van der Waals surface area contributed by atoms with E-state index in [-0.39, 0.29) is 24.7 Å². The number of fused-ring (bicyclic) bond motifs is 2. The van der Waals surface area contributed by atoms with Crippen molar-refractivity contribution in [2.45, 2.75) is 50.2 Å². The maximum absolute atomic E-state index is 16.4. The minimum absolute atomic E-state index is 0.0170. The SMILES string of the molecule is CC1C=CC=C(COP(=O)(NCCc2c[nH]c3ccccc23)OC[C@H]2O[C@@](C#N)(c3ccc4c(N)ncnn34)[C@](C)(F)[C@@H]2O)C1. The van der Waals surface area contributed by atoms with Crippen LogP contribution in [0.4, 0.5) is 10.2 Å². The molecule has 45 heavy (non-hydrogen) atoms. The normalized spacial score (nSPS) is 27.9. The number of hydrogen-bond donors (Lipinski definition) is 4. The maximum atomic E-state index is 16.4. The van der Waals surface area contributed by atoms with Crippen LogP contribution in [0.1, 0.15) is 31.5 Å². The summed E-state index contributed by atoms with van der Waals surface area (Å²) in [4.78, 5) is 7.15. The largest absolute Gasteiger partial charge is 0.405 e. The van der Waals surface area contributed by atoms with Crippen molar-refractivity contribution < 1.29 is 27.8 Å². The van der Waals surface area contributed by atoms with Gasteiger partial charge < -0.3 is 20.6 Å². The van der Waals surface area contributed by atoms with Crippen molar-refractivity contribution in [2.75, 3.05) is 25.5 Å². The topological polar surface area (TPSA) is 173 Å². The fourth-order valence-electron chi connectivity index (χ4n) is 5.98. The fraction of sp³-hybridized carbons (Fsp3) is 0.387. The number of alkyl halides is 1. The van der Waals surface area contributed by atoms with E-state index in [0.717, 1.165) is 35.4 Å². The lowest BCUT2D eigenvalue weighted by Gasteiger charge is -2.30. The molecule has 1 aliphatic heterocycles. The molecule has 2 aliphatic rings. The Bertz CT molecular complexity index is 1860. The first-order valence-electron chi connectivity index (χ1n) is 14.7. The Morgan fingerprint density at radius 2 is 2.16 bits per heavy atom. The van der Waals surface area contributed by atoms with E-state index in [1.807, 2.05) is 48.7 Å². The van der Waals surface area contributed by atoms with Crippen LogP contribution in [0.25, 0.3) is 16.4 Å². The zero-order valence-electron chi connectivity index (χ0n) is 24.9. The van der Waals surface area contributed by atoms with Gasteiger partial charge in [0.25, 0.3) is 0 Å². The number of nitrogens with two attached hydrogens (primary N) is 1. The molecule has 12 nitrogen and oxygen atoms in total. The molecule has 1 saturated heterocycles. The number of aliphatic hydroxyl groups is 1. The number of aromatic nitrogens is 4. The Labute approximate surface area is 259 Å². The van der Waals surface area contributed by atoms with Crippen molar-refractivity contribution >= 4 is 30.0 Å². The number of allylic oxidation sites excluding steroid dienone is 3. The van der Waals surface area contributed by atoms with E-state index in [4.69, 9.17) is 19.5 Å². The highest BCUT2D eigenvalue weighted by Crippen LogP contribution is 2.51. The summed E-state index contributed by atoms with van der Waals surface area (Å²) in [5, 5.41) is 29.5. The number of nitriles is 1. The monoisotopic (exact) mass is 635 g/mol. The summed E-state index contributed by atoms with van der Waals surface area (Å²) < 4.78 is 49.4. The second-order valence-electron chi connectivity index (χ2n) is 11.6. The molecule has 5 N–H and O–H groups in total. The summed E-state index contributed by atoms with van der Waals surface area (Å²) in [5.74, 6) is 0.427. The van der Waals surface area contributed by atoms with E-state index in [1.54, 1.807) is 0 Å². The number of nitrogen functional groups attached to an aromatic ring is 1. The van der Waals surface area contributed by atoms with Crippen molar-refractivity contribution in [1.82, 2.24) is 24.7 Å². The van der Waals surface area contributed by atoms with Gasteiger partial charge in [0.2, 0.25) is 5.60 Å². The Hall–Kier alpha value is -3.89. The number of ether oxygens (including phenoxy) is 1. The number of para-hydroxylation sites is 1. The molecular formula is C31H35FN7O5P. The molecule has 1 aromatic carbocycles. The number of nitrogens with one attached hydrogen (secondary N) is 2. The predicted octanol–water partition coefficient (Wildman–Crippen LogP) is 4.50. The summed E-state index contributed by atoms with van der Waals surface area (Å²) in [5.41, 5.74) is 4.33. The fourth-order valence-corrected chi connectivity index (χ4v) is 7.31. The van der Waals surface area contributed by atoms with E-state index in [9.17, 15) is 14.9 Å². The molecule has 0 radical (unpaired) electrons. The van der Waals surface area contributed by atoms with Gasteiger partial charge >= 0.3 is 7.75 Å². The quantitative estimate of drug-likeness (QED) is 0.172. The number of aromatic amines is 1. The zero-order chi connectivity index (χ0) is 31.8. The minimum Gasteiger partial charge on any atom is -0.387 e. The number of anilines is 1. The molecule has 6 rings (SSSR count). The molecule has 4 aromatic rings. The number of benzene rings is 1. The lowest BCUT2D eigenvalue weighted by Crippen LogP contribution is -2.48. The molecule has 6 atom stereocenters. The predicted molar refractivity (Wildman–Crippen MR) is 166 cm³/mol. The molecule has 1 fully saturated rings. The van der Waals surface area contributed by atoms with Crippen LogP contribution in [0.3, 0.4) is 0 Å². The van der Waals surface area contributed by atoms with E-state index in [0.29, 0.717) is 17.9 Å². The molecule has 0 amide bonds. The lowest BCUT2D eigenvalue weighted by molar-refractivity contribution is -0.0706. The Balaban J connectivity index is 1.21. The van der Waals surface area contributed by atoms with Gasteiger partial charge in [0.15, 0.2) is 11.5 Å². The third-order valence-electron chi connectivity index (χ3n) is 8.48. The Morgan fingerprint density at radius 3 is 2.96 bits per heavy atom. The summed E-state index contributed by atoms with van der Waals surface area (Å²) in [6.45, 7) is 2.90. The van der Waals surface area contributed by atoms with Crippen LogP contribution in [0, 0.1) is 17.2 Å². The second-order valence-corrected chi connectivity index (χ2v) is 13.4. The first-order chi connectivity index (χ1) is 21.6. The molecule has 4 heterocycles. The van der Waals surface area contributed by atoms with E-state index in [1.165, 1.54) is 23.0 Å². The lowest BCUT2D eigenvalue weighted by atomic mass is 9.82. The molecule has 0 spiro atoms. The van der Waals surface area contributed by atoms with Gasteiger partial charge in [0.1, 0.15) is 30.1 Å². The van der Waals surface area contributed by atoms with Gasteiger partial charge in [-0.1, -0.05) is 43.4 Å². The second kappa shape index (κ2) is 12.1. The van der Waals surface area contributed by atoms with Crippen LogP contribution in [-0.4, -0.2) is 62.3 Å². The van der Waals surface area contributed by atoms with Gasteiger partial charge in [-0.3, -0.25) is 9.05 Å². The zero-order valence-corrected chi connectivity index (χ0v) is 25.8. The summed E-state index contributed by atoms with van der Waals surface area (Å²) in [7, 11) is -4.03. The first kappa shape index (κ1) is 31.1. The third-order valence-corrected chi connectivity index (χ3v) is 10.1. The van der Waals surface area contributed by atoms with Gasteiger partial charge in [0, 0.05) is 23.6 Å². The van der Waals surface area contributed by atoms with Gasteiger partial charge in [-0.05, 0) is 55.0 Å². The van der Waals surface area contributed by atoms with Crippen molar-refractivity contribution in [1.29, 1.82) is 5.26 Å². The van der Waals surface area contributed by atoms with Crippen LogP contribution in [-0.2, 0) is 30.4 Å². The molecule has 0 bridgehead atoms. The van der Waals surface area contributed by atoms with Crippen LogP contribution < -0.4 is 10.8 Å². The van der Waals surface area contributed by atoms with Crippen molar-refractivity contribution in [3.63, 3.8) is 0 Å². The van der Waals surface area contributed by atoms with E-state index in [2.05, 4.69) is 33.2 Å². The molecule has 1 aliphatic carbocycles.